The first-order chi connectivity index (χ1) is 8.97. The van der Waals surface area contributed by atoms with E-state index in [1.54, 1.807) is 26.0 Å². The van der Waals surface area contributed by atoms with Crippen LogP contribution in [0.15, 0.2) is 48.5 Å². The van der Waals surface area contributed by atoms with Gasteiger partial charge < -0.3 is 14.9 Å². The van der Waals surface area contributed by atoms with Gasteiger partial charge in [-0.1, -0.05) is 36.4 Å². The molecule has 0 radical (unpaired) electrons. The molecule has 3 heteroatoms. The number of benzene rings is 2. The minimum absolute atomic E-state index is 0.0731. The number of aromatic hydroxyl groups is 1. The standard InChI is InChI=1S/C16H18O3/c1-16(2,18)13-8-9-14(17)15(10-13)19-11-12-6-4-3-5-7-12/h3-10,17-18H,11H2,1-2H3. The highest BCUT2D eigenvalue weighted by Gasteiger charge is 2.17. The molecule has 0 aromatic heterocycles. The van der Waals surface area contributed by atoms with Crippen molar-refractivity contribution in [2.45, 2.75) is 26.1 Å². The molecule has 0 atom stereocenters. The van der Waals surface area contributed by atoms with E-state index in [1.807, 2.05) is 30.3 Å². The summed E-state index contributed by atoms with van der Waals surface area (Å²) in [5.74, 6) is 0.451. The maximum Gasteiger partial charge on any atom is 0.161 e. The summed E-state index contributed by atoms with van der Waals surface area (Å²) in [6, 6.07) is 14.6. The van der Waals surface area contributed by atoms with Gasteiger partial charge in [-0.15, -0.1) is 0 Å². The van der Waals surface area contributed by atoms with Crippen LogP contribution >= 0.6 is 0 Å². The molecule has 0 spiro atoms. The first-order valence-corrected chi connectivity index (χ1v) is 6.19. The Morgan fingerprint density at radius 3 is 2.37 bits per heavy atom. The molecule has 0 fully saturated rings. The van der Waals surface area contributed by atoms with E-state index in [4.69, 9.17) is 4.74 Å². The first-order valence-electron chi connectivity index (χ1n) is 6.19. The number of phenolic OH excluding ortho intramolecular Hbond substituents is 1. The second-order valence-electron chi connectivity index (χ2n) is 5.02. The molecule has 100 valence electrons. The van der Waals surface area contributed by atoms with Crippen molar-refractivity contribution in [1.29, 1.82) is 0 Å². The third-order valence-corrected chi connectivity index (χ3v) is 2.90. The van der Waals surface area contributed by atoms with Gasteiger partial charge in [0, 0.05) is 0 Å². The number of hydrogen-bond acceptors (Lipinski definition) is 3. The van der Waals surface area contributed by atoms with Crippen molar-refractivity contribution < 1.29 is 14.9 Å². The van der Waals surface area contributed by atoms with Crippen molar-refractivity contribution in [2.24, 2.45) is 0 Å². The maximum atomic E-state index is 9.95. The molecular weight excluding hydrogens is 240 g/mol. The summed E-state index contributed by atoms with van der Waals surface area (Å²) < 4.78 is 5.60. The molecule has 0 heterocycles. The SMILES string of the molecule is CC(C)(O)c1ccc(O)c(OCc2ccccc2)c1. The van der Waals surface area contributed by atoms with Crippen LogP contribution in [0.1, 0.15) is 25.0 Å². The van der Waals surface area contributed by atoms with Gasteiger partial charge >= 0.3 is 0 Å². The minimum Gasteiger partial charge on any atom is -0.504 e. The van der Waals surface area contributed by atoms with Crippen molar-refractivity contribution in [3.05, 3.63) is 59.7 Å². The zero-order valence-electron chi connectivity index (χ0n) is 11.1. The molecule has 2 N–H and O–H groups in total. The number of phenols is 1. The van der Waals surface area contributed by atoms with E-state index < -0.39 is 5.60 Å². The highest BCUT2D eigenvalue weighted by molar-refractivity contribution is 5.43. The Morgan fingerprint density at radius 2 is 1.74 bits per heavy atom. The molecule has 0 saturated heterocycles. The third-order valence-electron chi connectivity index (χ3n) is 2.90. The zero-order valence-corrected chi connectivity index (χ0v) is 11.1. The van der Waals surface area contributed by atoms with E-state index in [0.29, 0.717) is 17.9 Å². The first kappa shape index (κ1) is 13.4. The molecule has 2 aromatic rings. The lowest BCUT2D eigenvalue weighted by molar-refractivity contribution is 0.0781. The molecule has 0 unspecified atom stereocenters. The lowest BCUT2D eigenvalue weighted by atomic mass is 9.98. The van der Waals surface area contributed by atoms with Gasteiger partial charge in [-0.05, 0) is 37.1 Å². The fourth-order valence-electron chi connectivity index (χ4n) is 1.75. The van der Waals surface area contributed by atoms with E-state index in [1.165, 1.54) is 6.07 Å². The summed E-state index contributed by atoms with van der Waals surface area (Å²) in [4.78, 5) is 0. The maximum absolute atomic E-state index is 9.95. The lowest BCUT2D eigenvalue weighted by Gasteiger charge is -2.19. The molecule has 0 aliphatic rings. The van der Waals surface area contributed by atoms with E-state index in [9.17, 15) is 10.2 Å². The monoisotopic (exact) mass is 258 g/mol. The zero-order chi connectivity index (χ0) is 13.9. The Balaban J connectivity index is 2.16. The summed E-state index contributed by atoms with van der Waals surface area (Å²) >= 11 is 0. The molecule has 0 amide bonds. The van der Waals surface area contributed by atoms with Crippen LogP contribution < -0.4 is 4.74 Å². The normalized spacial score (nSPS) is 11.3. The minimum atomic E-state index is -0.960. The third kappa shape index (κ3) is 3.48. The second-order valence-corrected chi connectivity index (χ2v) is 5.02. The van der Waals surface area contributed by atoms with Crippen molar-refractivity contribution >= 4 is 0 Å². The molecule has 0 bridgehead atoms. The molecular formula is C16H18O3. The van der Waals surface area contributed by atoms with Gasteiger partial charge in [0.25, 0.3) is 0 Å². The molecule has 0 aliphatic heterocycles. The van der Waals surface area contributed by atoms with E-state index in [2.05, 4.69) is 0 Å². The van der Waals surface area contributed by atoms with Crippen LogP contribution in [0.5, 0.6) is 11.5 Å². The van der Waals surface area contributed by atoms with Gasteiger partial charge in [-0.2, -0.15) is 0 Å². The van der Waals surface area contributed by atoms with Gasteiger partial charge in [0.2, 0.25) is 0 Å². The highest BCUT2D eigenvalue weighted by atomic mass is 16.5. The number of ether oxygens (including phenoxy) is 1. The molecule has 2 rings (SSSR count). The Hall–Kier alpha value is -2.00. The van der Waals surface area contributed by atoms with Gasteiger partial charge in [-0.25, -0.2) is 0 Å². The largest absolute Gasteiger partial charge is 0.504 e. The summed E-state index contributed by atoms with van der Waals surface area (Å²) in [7, 11) is 0. The van der Waals surface area contributed by atoms with Crippen molar-refractivity contribution in [3.8, 4) is 11.5 Å². The topological polar surface area (TPSA) is 49.7 Å². The summed E-state index contributed by atoms with van der Waals surface area (Å²) in [5, 5.41) is 19.7. The van der Waals surface area contributed by atoms with Crippen molar-refractivity contribution in [3.63, 3.8) is 0 Å². The predicted octanol–water partition coefficient (Wildman–Crippen LogP) is 3.20. The smallest absolute Gasteiger partial charge is 0.161 e. The molecule has 2 aromatic carbocycles. The van der Waals surface area contributed by atoms with Gasteiger partial charge in [0.05, 0.1) is 5.60 Å². The molecule has 3 nitrogen and oxygen atoms in total. The van der Waals surface area contributed by atoms with E-state index in [0.717, 1.165) is 5.56 Å². The number of rotatable bonds is 4. The van der Waals surface area contributed by atoms with Crippen molar-refractivity contribution in [1.82, 2.24) is 0 Å². The van der Waals surface area contributed by atoms with Crippen molar-refractivity contribution in [2.75, 3.05) is 0 Å². The van der Waals surface area contributed by atoms with Gasteiger partial charge in [-0.3, -0.25) is 0 Å². The summed E-state index contributed by atoms with van der Waals surface area (Å²) in [6.07, 6.45) is 0. The molecule has 19 heavy (non-hydrogen) atoms. The highest BCUT2D eigenvalue weighted by Crippen LogP contribution is 2.31. The Bertz CT molecular complexity index is 542. The van der Waals surface area contributed by atoms with Crippen LogP contribution in [0.3, 0.4) is 0 Å². The van der Waals surface area contributed by atoms with Gasteiger partial charge in [0.15, 0.2) is 11.5 Å². The van der Waals surface area contributed by atoms with Crippen LogP contribution in [0.2, 0.25) is 0 Å². The van der Waals surface area contributed by atoms with Crippen LogP contribution in [0, 0.1) is 0 Å². The number of hydrogen-bond donors (Lipinski definition) is 2. The Morgan fingerprint density at radius 1 is 1.05 bits per heavy atom. The van der Waals surface area contributed by atoms with E-state index >= 15 is 0 Å². The Kier molecular flexibility index (Phi) is 3.76. The number of aliphatic hydroxyl groups is 1. The molecule has 0 aliphatic carbocycles. The average molecular weight is 258 g/mol. The summed E-state index contributed by atoms with van der Waals surface area (Å²) in [5.41, 5.74) is 0.766. The van der Waals surface area contributed by atoms with Crippen LogP contribution in [0.4, 0.5) is 0 Å². The molecule has 0 saturated carbocycles. The van der Waals surface area contributed by atoms with E-state index in [-0.39, 0.29) is 5.75 Å². The Labute approximate surface area is 113 Å². The van der Waals surface area contributed by atoms with Gasteiger partial charge in [0.1, 0.15) is 6.61 Å². The summed E-state index contributed by atoms with van der Waals surface area (Å²) in [6.45, 7) is 3.77. The van der Waals surface area contributed by atoms with Crippen LogP contribution in [0.25, 0.3) is 0 Å². The lowest BCUT2D eigenvalue weighted by Crippen LogP contribution is -2.15. The average Bonchev–Trinajstić information content (AvgIpc) is 2.37. The fraction of sp³-hybridized carbons (Fsp3) is 0.250. The second kappa shape index (κ2) is 5.33. The fourth-order valence-corrected chi connectivity index (χ4v) is 1.75. The predicted molar refractivity (Wildman–Crippen MR) is 74.1 cm³/mol. The quantitative estimate of drug-likeness (QED) is 0.885. The van der Waals surface area contributed by atoms with Crippen LogP contribution in [-0.4, -0.2) is 10.2 Å². The van der Waals surface area contributed by atoms with Crippen LogP contribution in [-0.2, 0) is 12.2 Å².